The standard InChI is InChI=1S/C17H16ClN3O6/c1-3-26-14-6-4-11(8-13(14)21(24)25)17(23)27-10(2)16(22)20-15-7-5-12(18)9-19-15/h4-10H,3H2,1-2H3,(H,19,20,22)/t10-/m0/s1. The molecule has 0 bridgehead atoms. The number of halogens is 1. The summed E-state index contributed by atoms with van der Waals surface area (Å²) >= 11 is 5.71. The quantitative estimate of drug-likeness (QED) is 0.435. The second kappa shape index (κ2) is 8.95. The SMILES string of the molecule is CCOc1ccc(C(=O)O[C@@H](C)C(=O)Nc2ccc(Cl)cn2)cc1[N+](=O)[O-]. The molecule has 0 radical (unpaired) electrons. The largest absolute Gasteiger partial charge is 0.487 e. The lowest BCUT2D eigenvalue weighted by Gasteiger charge is -2.13. The molecule has 9 nitrogen and oxygen atoms in total. The maximum Gasteiger partial charge on any atom is 0.339 e. The lowest BCUT2D eigenvalue weighted by atomic mass is 10.2. The van der Waals surface area contributed by atoms with Crippen LogP contribution >= 0.6 is 11.6 Å². The van der Waals surface area contributed by atoms with Gasteiger partial charge in [0.25, 0.3) is 5.91 Å². The van der Waals surface area contributed by atoms with Gasteiger partial charge in [-0.2, -0.15) is 0 Å². The molecule has 0 aliphatic heterocycles. The molecule has 1 atom stereocenters. The van der Waals surface area contributed by atoms with Gasteiger partial charge in [0.2, 0.25) is 0 Å². The average molecular weight is 394 g/mol. The van der Waals surface area contributed by atoms with E-state index >= 15 is 0 Å². The van der Waals surface area contributed by atoms with Crippen LogP contribution in [0.3, 0.4) is 0 Å². The topological polar surface area (TPSA) is 121 Å². The molecule has 1 N–H and O–H groups in total. The maximum atomic E-state index is 12.2. The average Bonchev–Trinajstić information content (AvgIpc) is 2.63. The number of nitro benzene ring substituents is 1. The molecule has 27 heavy (non-hydrogen) atoms. The summed E-state index contributed by atoms with van der Waals surface area (Å²) in [5, 5.41) is 14.0. The van der Waals surface area contributed by atoms with E-state index in [1.807, 2.05) is 0 Å². The Bertz CT molecular complexity index is 856. The smallest absolute Gasteiger partial charge is 0.339 e. The molecule has 0 aliphatic carbocycles. The minimum absolute atomic E-state index is 0.0404. The van der Waals surface area contributed by atoms with Crippen LogP contribution in [-0.4, -0.2) is 34.5 Å². The van der Waals surface area contributed by atoms with Crippen LogP contribution in [0.5, 0.6) is 5.75 Å². The van der Waals surface area contributed by atoms with Crippen LogP contribution in [-0.2, 0) is 9.53 Å². The molecule has 10 heteroatoms. The first-order valence-corrected chi connectivity index (χ1v) is 8.24. The molecule has 142 valence electrons. The molecule has 0 spiro atoms. The van der Waals surface area contributed by atoms with Crippen LogP contribution in [0, 0.1) is 10.1 Å². The number of anilines is 1. The van der Waals surface area contributed by atoms with E-state index in [0.29, 0.717) is 5.02 Å². The van der Waals surface area contributed by atoms with Gasteiger partial charge in [-0.05, 0) is 38.1 Å². The number of carbonyl (C=O) groups excluding carboxylic acids is 2. The number of nitro groups is 1. The lowest BCUT2D eigenvalue weighted by Crippen LogP contribution is -2.30. The molecule has 0 saturated carbocycles. The molecule has 0 saturated heterocycles. The van der Waals surface area contributed by atoms with Crippen molar-refractivity contribution in [3.8, 4) is 5.75 Å². The monoisotopic (exact) mass is 393 g/mol. The molecular weight excluding hydrogens is 378 g/mol. The zero-order valence-corrected chi connectivity index (χ0v) is 15.2. The molecule has 1 amide bonds. The Morgan fingerprint density at radius 3 is 2.67 bits per heavy atom. The van der Waals surface area contributed by atoms with Crippen LogP contribution in [0.4, 0.5) is 11.5 Å². The number of pyridine rings is 1. The third-order valence-electron chi connectivity index (χ3n) is 3.32. The van der Waals surface area contributed by atoms with Crippen molar-refractivity contribution >= 4 is 35.0 Å². The highest BCUT2D eigenvalue weighted by atomic mass is 35.5. The number of hydrogen-bond donors (Lipinski definition) is 1. The number of benzene rings is 1. The first-order chi connectivity index (χ1) is 12.8. The Morgan fingerprint density at radius 1 is 1.33 bits per heavy atom. The summed E-state index contributed by atoms with van der Waals surface area (Å²) in [5.74, 6) is -1.21. The number of esters is 1. The number of rotatable bonds is 7. The van der Waals surface area contributed by atoms with Gasteiger partial charge in [-0.3, -0.25) is 14.9 Å². The van der Waals surface area contributed by atoms with E-state index in [2.05, 4.69) is 10.3 Å². The zero-order chi connectivity index (χ0) is 20.0. The van der Waals surface area contributed by atoms with Crippen molar-refractivity contribution < 1.29 is 24.0 Å². The highest BCUT2D eigenvalue weighted by Gasteiger charge is 2.23. The Labute approximate surface area is 159 Å². The second-order valence-electron chi connectivity index (χ2n) is 5.27. The minimum Gasteiger partial charge on any atom is -0.487 e. The van der Waals surface area contributed by atoms with Gasteiger partial charge in [0.1, 0.15) is 5.82 Å². The van der Waals surface area contributed by atoms with Crippen LogP contribution < -0.4 is 10.1 Å². The predicted molar refractivity (Wildman–Crippen MR) is 97.0 cm³/mol. The van der Waals surface area contributed by atoms with E-state index in [1.54, 1.807) is 13.0 Å². The number of amides is 1. The third kappa shape index (κ3) is 5.38. The summed E-state index contributed by atoms with van der Waals surface area (Å²) in [4.78, 5) is 38.7. The lowest BCUT2D eigenvalue weighted by molar-refractivity contribution is -0.385. The zero-order valence-electron chi connectivity index (χ0n) is 14.5. The molecular formula is C17H16ClN3O6. The van der Waals surface area contributed by atoms with E-state index in [0.717, 1.165) is 6.07 Å². The van der Waals surface area contributed by atoms with Crippen molar-refractivity contribution in [1.82, 2.24) is 4.98 Å². The van der Waals surface area contributed by atoms with Crippen molar-refractivity contribution in [3.63, 3.8) is 0 Å². The summed E-state index contributed by atoms with van der Waals surface area (Å²) < 4.78 is 10.2. The minimum atomic E-state index is -1.15. The first-order valence-electron chi connectivity index (χ1n) is 7.86. The van der Waals surface area contributed by atoms with Crippen LogP contribution in [0.25, 0.3) is 0 Å². The van der Waals surface area contributed by atoms with E-state index in [1.165, 1.54) is 31.3 Å². The Kier molecular flexibility index (Phi) is 6.67. The fourth-order valence-electron chi connectivity index (χ4n) is 2.02. The number of nitrogens with zero attached hydrogens (tertiary/aromatic N) is 2. The summed E-state index contributed by atoms with van der Waals surface area (Å²) in [6, 6.07) is 6.70. The molecule has 1 aromatic heterocycles. The Hall–Kier alpha value is -3.20. The van der Waals surface area contributed by atoms with Crippen LogP contribution in [0.1, 0.15) is 24.2 Å². The van der Waals surface area contributed by atoms with Crippen molar-refractivity contribution in [3.05, 3.63) is 57.2 Å². The maximum absolute atomic E-state index is 12.2. The predicted octanol–water partition coefficient (Wildman–Crippen LogP) is 3.23. The normalized spacial score (nSPS) is 11.4. The van der Waals surface area contributed by atoms with Gasteiger partial charge in [0.15, 0.2) is 11.9 Å². The molecule has 1 heterocycles. The van der Waals surface area contributed by atoms with Crippen LogP contribution in [0.2, 0.25) is 5.02 Å². The van der Waals surface area contributed by atoms with E-state index < -0.39 is 22.9 Å². The third-order valence-corrected chi connectivity index (χ3v) is 3.55. The van der Waals surface area contributed by atoms with Crippen molar-refractivity contribution in [2.45, 2.75) is 20.0 Å². The molecule has 0 fully saturated rings. The van der Waals surface area contributed by atoms with E-state index in [9.17, 15) is 19.7 Å². The van der Waals surface area contributed by atoms with Crippen molar-refractivity contribution in [1.29, 1.82) is 0 Å². The second-order valence-corrected chi connectivity index (χ2v) is 5.71. The molecule has 2 rings (SSSR count). The van der Waals surface area contributed by atoms with Gasteiger partial charge in [0, 0.05) is 12.3 Å². The van der Waals surface area contributed by atoms with Gasteiger partial charge in [0.05, 0.1) is 22.1 Å². The van der Waals surface area contributed by atoms with Gasteiger partial charge >= 0.3 is 11.7 Å². The fraction of sp³-hybridized carbons (Fsp3) is 0.235. The highest BCUT2D eigenvalue weighted by Crippen LogP contribution is 2.28. The van der Waals surface area contributed by atoms with Crippen LogP contribution in [0.15, 0.2) is 36.5 Å². The Balaban J connectivity index is 2.06. The number of hydrogen-bond acceptors (Lipinski definition) is 7. The van der Waals surface area contributed by atoms with Gasteiger partial charge < -0.3 is 14.8 Å². The summed E-state index contributed by atoms with van der Waals surface area (Å²) in [6.45, 7) is 3.29. The van der Waals surface area contributed by atoms with Gasteiger partial charge in [-0.15, -0.1) is 0 Å². The van der Waals surface area contributed by atoms with Crippen molar-refractivity contribution in [2.75, 3.05) is 11.9 Å². The van der Waals surface area contributed by atoms with E-state index in [4.69, 9.17) is 21.1 Å². The Morgan fingerprint density at radius 2 is 2.07 bits per heavy atom. The van der Waals surface area contributed by atoms with Gasteiger partial charge in [-0.25, -0.2) is 9.78 Å². The number of ether oxygens (including phenoxy) is 2. The highest BCUT2D eigenvalue weighted by molar-refractivity contribution is 6.30. The molecule has 2 aromatic rings. The summed E-state index contributed by atoms with van der Waals surface area (Å²) in [5.41, 5.74) is -0.441. The number of nitrogens with one attached hydrogen (secondary N) is 1. The number of carbonyl (C=O) groups is 2. The molecule has 1 aromatic carbocycles. The molecule has 0 unspecified atom stereocenters. The first kappa shape index (κ1) is 20.1. The fourth-order valence-corrected chi connectivity index (χ4v) is 2.14. The molecule has 0 aliphatic rings. The van der Waals surface area contributed by atoms with E-state index in [-0.39, 0.29) is 29.4 Å². The van der Waals surface area contributed by atoms with Crippen molar-refractivity contribution in [2.24, 2.45) is 0 Å². The number of aromatic nitrogens is 1. The van der Waals surface area contributed by atoms with Gasteiger partial charge in [-0.1, -0.05) is 11.6 Å². The summed E-state index contributed by atoms with van der Waals surface area (Å²) in [7, 11) is 0. The summed E-state index contributed by atoms with van der Waals surface area (Å²) in [6.07, 6.45) is 0.202.